The Bertz CT molecular complexity index is 576. The molecule has 5 heteroatoms. The summed E-state index contributed by atoms with van der Waals surface area (Å²) in [5, 5.41) is 12.9. The number of nitrogen functional groups attached to an aromatic ring is 1. The van der Waals surface area contributed by atoms with Gasteiger partial charge in [0.15, 0.2) is 0 Å². The number of halogens is 1. The van der Waals surface area contributed by atoms with Crippen molar-refractivity contribution in [1.29, 1.82) is 0 Å². The predicted octanol–water partition coefficient (Wildman–Crippen LogP) is 2.56. The number of rotatable bonds is 5. The van der Waals surface area contributed by atoms with Crippen LogP contribution in [-0.2, 0) is 0 Å². The molecule has 0 amide bonds. The number of methoxy groups -OCH3 is 1. The van der Waals surface area contributed by atoms with E-state index in [2.05, 4.69) is 5.32 Å². The Morgan fingerprint density at radius 1 is 1.30 bits per heavy atom. The lowest BCUT2D eigenvalue weighted by molar-refractivity contribution is 0.191. The van der Waals surface area contributed by atoms with Crippen molar-refractivity contribution in [2.24, 2.45) is 0 Å². The van der Waals surface area contributed by atoms with Crippen LogP contribution in [0.5, 0.6) is 5.75 Å². The van der Waals surface area contributed by atoms with Gasteiger partial charge in [-0.05, 0) is 5.56 Å². The molecule has 0 bridgehead atoms. The van der Waals surface area contributed by atoms with Gasteiger partial charge < -0.3 is 20.9 Å². The molecule has 2 aromatic carbocycles. The second-order valence-corrected chi connectivity index (χ2v) is 4.38. The van der Waals surface area contributed by atoms with Crippen molar-refractivity contribution in [3.8, 4) is 5.75 Å². The van der Waals surface area contributed by atoms with Crippen molar-refractivity contribution in [1.82, 2.24) is 0 Å². The minimum absolute atomic E-state index is 0.188. The molecule has 0 aliphatic heterocycles. The highest BCUT2D eigenvalue weighted by atomic mass is 19.1. The van der Waals surface area contributed by atoms with Crippen LogP contribution >= 0.6 is 0 Å². The zero-order valence-corrected chi connectivity index (χ0v) is 11.1. The SMILES string of the molecule is COc1cc(NCC(O)c2ccccc2)c(F)cc1N. The van der Waals surface area contributed by atoms with E-state index in [-0.39, 0.29) is 17.9 Å². The smallest absolute Gasteiger partial charge is 0.148 e. The Morgan fingerprint density at radius 2 is 2.00 bits per heavy atom. The van der Waals surface area contributed by atoms with E-state index in [0.29, 0.717) is 5.75 Å². The molecule has 0 saturated heterocycles. The van der Waals surface area contributed by atoms with Crippen molar-refractivity contribution in [3.05, 3.63) is 53.8 Å². The maximum absolute atomic E-state index is 13.7. The summed E-state index contributed by atoms with van der Waals surface area (Å²) >= 11 is 0. The highest BCUT2D eigenvalue weighted by Gasteiger charge is 2.11. The van der Waals surface area contributed by atoms with Gasteiger partial charge in [0.1, 0.15) is 11.6 Å². The van der Waals surface area contributed by atoms with Crippen LogP contribution in [0.4, 0.5) is 15.8 Å². The Hall–Kier alpha value is -2.27. The number of hydrogen-bond acceptors (Lipinski definition) is 4. The van der Waals surface area contributed by atoms with Crippen LogP contribution in [0.25, 0.3) is 0 Å². The lowest BCUT2D eigenvalue weighted by Crippen LogP contribution is -2.13. The van der Waals surface area contributed by atoms with E-state index in [1.54, 1.807) is 0 Å². The lowest BCUT2D eigenvalue weighted by Gasteiger charge is -2.15. The average molecular weight is 276 g/mol. The van der Waals surface area contributed by atoms with Crippen molar-refractivity contribution < 1.29 is 14.2 Å². The minimum Gasteiger partial charge on any atom is -0.495 e. The molecule has 0 fully saturated rings. The largest absolute Gasteiger partial charge is 0.495 e. The van der Waals surface area contributed by atoms with E-state index in [9.17, 15) is 9.50 Å². The fourth-order valence-corrected chi connectivity index (χ4v) is 1.88. The molecule has 0 spiro atoms. The maximum atomic E-state index is 13.7. The minimum atomic E-state index is -0.723. The number of benzene rings is 2. The van der Waals surface area contributed by atoms with Crippen molar-refractivity contribution in [2.75, 3.05) is 24.7 Å². The van der Waals surface area contributed by atoms with E-state index in [0.717, 1.165) is 5.56 Å². The summed E-state index contributed by atoms with van der Waals surface area (Å²) in [6, 6.07) is 11.8. The first kappa shape index (κ1) is 14.1. The molecule has 2 rings (SSSR count). The van der Waals surface area contributed by atoms with Crippen molar-refractivity contribution >= 4 is 11.4 Å². The molecule has 4 N–H and O–H groups in total. The highest BCUT2D eigenvalue weighted by Crippen LogP contribution is 2.28. The van der Waals surface area contributed by atoms with Gasteiger partial charge in [0, 0.05) is 18.7 Å². The van der Waals surface area contributed by atoms with Crippen LogP contribution in [0.3, 0.4) is 0 Å². The standard InChI is InChI=1S/C15H17FN2O2/c1-20-15-8-13(11(16)7-12(15)17)18-9-14(19)10-5-3-2-4-6-10/h2-8,14,18-19H,9,17H2,1H3. The van der Waals surface area contributed by atoms with E-state index in [4.69, 9.17) is 10.5 Å². The number of nitrogens with one attached hydrogen (secondary N) is 1. The van der Waals surface area contributed by atoms with Gasteiger partial charge in [-0.1, -0.05) is 30.3 Å². The summed E-state index contributed by atoms with van der Waals surface area (Å²) in [5.41, 5.74) is 6.85. The highest BCUT2D eigenvalue weighted by molar-refractivity contribution is 5.62. The third-order valence-electron chi connectivity index (χ3n) is 2.99. The van der Waals surface area contributed by atoms with Gasteiger partial charge in [-0.3, -0.25) is 0 Å². The van der Waals surface area contributed by atoms with Crippen LogP contribution in [0.1, 0.15) is 11.7 Å². The van der Waals surface area contributed by atoms with E-state index in [1.807, 2.05) is 30.3 Å². The summed E-state index contributed by atoms with van der Waals surface area (Å²) in [6.07, 6.45) is -0.723. The van der Waals surface area contributed by atoms with Gasteiger partial charge in [0.25, 0.3) is 0 Å². The molecule has 0 radical (unpaired) electrons. The molecule has 0 aliphatic rings. The number of hydrogen-bond donors (Lipinski definition) is 3. The predicted molar refractivity (Wildman–Crippen MR) is 77.3 cm³/mol. The topological polar surface area (TPSA) is 67.5 Å². The molecule has 20 heavy (non-hydrogen) atoms. The summed E-state index contributed by atoms with van der Waals surface area (Å²) in [5.74, 6) is -0.0911. The van der Waals surface area contributed by atoms with Gasteiger partial charge >= 0.3 is 0 Å². The Labute approximate surface area is 117 Å². The average Bonchev–Trinajstić information content (AvgIpc) is 2.47. The summed E-state index contributed by atoms with van der Waals surface area (Å²) in [7, 11) is 1.46. The Morgan fingerprint density at radius 3 is 2.65 bits per heavy atom. The fourth-order valence-electron chi connectivity index (χ4n) is 1.88. The van der Waals surface area contributed by atoms with Crippen molar-refractivity contribution in [3.63, 3.8) is 0 Å². The summed E-state index contributed by atoms with van der Waals surface area (Å²) in [6.45, 7) is 0.188. The molecule has 4 nitrogen and oxygen atoms in total. The molecule has 0 aliphatic carbocycles. The Kier molecular flexibility index (Phi) is 4.42. The molecule has 1 atom stereocenters. The molecule has 2 aromatic rings. The van der Waals surface area contributed by atoms with E-state index in [1.165, 1.54) is 19.2 Å². The van der Waals surface area contributed by atoms with Crippen LogP contribution < -0.4 is 15.8 Å². The van der Waals surface area contributed by atoms with Crippen molar-refractivity contribution in [2.45, 2.75) is 6.10 Å². The third-order valence-corrected chi connectivity index (χ3v) is 2.99. The van der Waals surface area contributed by atoms with Gasteiger partial charge in [0.2, 0.25) is 0 Å². The van der Waals surface area contributed by atoms with Gasteiger partial charge in [-0.15, -0.1) is 0 Å². The quantitative estimate of drug-likeness (QED) is 0.734. The van der Waals surface area contributed by atoms with Crippen LogP contribution in [0, 0.1) is 5.82 Å². The van der Waals surface area contributed by atoms with Crippen LogP contribution in [-0.4, -0.2) is 18.8 Å². The normalized spacial score (nSPS) is 11.9. The monoisotopic (exact) mass is 276 g/mol. The van der Waals surface area contributed by atoms with Gasteiger partial charge in [-0.2, -0.15) is 0 Å². The first-order valence-corrected chi connectivity index (χ1v) is 6.21. The molecule has 0 heterocycles. The van der Waals surface area contributed by atoms with Gasteiger partial charge in [-0.25, -0.2) is 4.39 Å². The number of ether oxygens (including phenoxy) is 1. The van der Waals surface area contributed by atoms with Gasteiger partial charge in [0.05, 0.1) is 24.6 Å². The van der Waals surface area contributed by atoms with E-state index >= 15 is 0 Å². The fraction of sp³-hybridized carbons (Fsp3) is 0.200. The van der Waals surface area contributed by atoms with Crippen LogP contribution in [0.15, 0.2) is 42.5 Å². The Balaban J connectivity index is 2.07. The molecule has 0 saturated carbocycles. The molecular formula is C15H17FN2O2. The molecule has 1 unspecified atom stereocenters. The third kappa shape index (κ3) is 3.19. The molecule has 0 aromatic heterocycles. The second-order valence-electron chi connectivity index (χ2n) is 4.38. The lowest BCUT2D eigenvalue weighted by atomic mass is 10.1. The summed E-state index contributed by atoms with van der Waals surface area (Å²) < 4.78 is 18.8. The number of nitrogens with two attached hydrogens (primary N) is 1. The zero-order chi connectivity index (χ0) is 14.5. The first-order chi connectivity index (χ1) is 9.61. The zero-order valence-electron chi connectivity index (χ0n) is 11.1. The number of aliphatic hydroxyl groups excluding tert-OH is 1. The number of anilines is 2. The van der Waals surface area contributed by atoms with Crippen LogP contribution in [0.2, 0.25) is 0 Å². The second kappa shape index (κ2) is 6.25. The molecule has 106 valence electrons. The molecular weight excluding hydrogens is 259 g/mol. The summed E-state index contributed by atoms with van der Waals surface area (Å²) in [4.78, 5) is 0. The maximum Gasteiger partial charge on any atom is 0.148 e. The first-order valence-electron chi connectivity index (χ1n) is 6.21. The van der Waals surface area contributed by atoms with E-state index < -0.39 is 11.9 Å². The number of aliphatic hydroxyl groups is 1.